The average Bonchev–Trinajstić information content (AvgIpc) is 2.63. The van der Waals surface area contributed by atoms with Gasteiger partial charge in [-0.05, 0) is 6.42 Å². The maximum Gasteiger partial charge on any atom is 0.168 e. The van der Waals surface area contributed by atoms with E-state index in [2.05, 4.69) is 42.1 Å². The summed E-state index contributed by atoms with van der Waals surface area (Å²) >= 11 is 0. The van der Waals surface area contributed by atoms with Crippen LogP contribution in [0.4, 0.5) is 0 Å². The van der Waals surface area contributed by atoms with Crippen LogP contribution in [-0.2, 0) is 11.1 Å². The first-order valence-corrected chi connectivity index (χ1v) is 11.0. The van der Waals surface area contributed by atoms with Crippen LogP contribution in [0.15, 0.2) is 30.6 Å². The second-order valence-electron chi connectivity index (χ2n) is 6.78. The fourth-order valence-corrected chi connectivity index (χ4v) is 3.07. The standard InChI is InChI=1S/C21H38N.HO2P/c1-2-3-4-5-6-7-8-9-10-11-12-13-14-16-19-22-20-17-15-18-21-22;1-3-2/h15,17-18,20-21H,2-14,16,19H2,1H3;(H,1,2)/q+1;/p-1. The van der Waals surface area contributed by atoms with Crippen molar-refractivity contribution in [1.82, 2.24) is 0 Å². The highest BCUT2D eigenvalue weighted by Gasteiger charge is 1.98. The lowest BCUT2D eigenvalue weighted by atomic mass is 10.0. The van der Waals surface area contributed by atoms with Gasteiger partial charge in [0.2, 0.25) is 0 Å². The van der Waals surface area contributed by atoms with E-state index in [4.69, 9.17) is 9.46 Å². The largest absolute Gasteiger partial charge is 0.772 e. The summed E-state index contributed by atoms with van der Waals surface area (Å²) < 4.78 is 10.6. The van der Waals surface area contributed by atoms with Gasteiger partial charge in [-0.2, -0.15) is 0 Å². The molecule has 0 radical (unpaired) electrons. The molecule has 1 aromatic rings. The van der Waals surface area contributed by atoms with Gasteiger partial charge in [0.25, 0.3) is 0 Å². The van der Waals surface area contributed by atoms with E-state index in [9.17, 15) is 0 Å². The molecule has 0 saturated carbocycles. The first-order chi connectivity index (χ1) is 12.3. The molecule has 144 valence electrons. The van der Waals surface area contributed by atoms with Gasteiger partial charge in [0.1, 0.15) is 6.54 Å². The minimum Gasteiger partial charge on any atom is -0.772 e. The molecule has 0 fully saturated rings. The molecule has 0 atom stereocenters. The summed E-state index contributed by atoms with van der Waals surface area (Å²) in [4.78, 5) is 8.35. The maximum atomic E-state index is 8.35. The summed E-state index contributed by atoms with van der Waals surface area (Å²) in [5, 5.41) is 0. The van der Waals surface area contributed by atoms with Gasteiger partial charge in [-0.1, -0.05) is 90.0 Å². The molecule has 4 heteroatoms. The van der Waals surface area contributed by atoms with Crippen LogP contribution in [0.1, 0.15) is 96.8 Å². The van der Waals surface area contributed by atoms with Gasteiger partial charge in [0, 0.05) is 18.6 Å². The van der Waals surface area contributed by atoms with Crippen LogP contribution in [0.25, 0.3) is 0 Å². The number of aromatic nitrogens is 1. The third-order valence-corrected chi connectivity index (χ3v) is 4.55. The predicted molar refractivity (Wildman–Crippen MR) is 105 cm³/mol. The molecule has 0 aliphatic heterocycles. The van der Waals surface area contributed by atoms with Crippen molar-refractivity contribution in [1.29, 1.82) is 0 Å². The van der Waals surface area contributed by atoms with Gasteiger partial charge in [-0.25, -0.2) is 4.57 Å². The van der Waals surface area contributed by atoms with E-state index in [-0.39, 0.29) is 0 Å². The number of unbranched alkanes of at least 4 members (excludes halogenated alkanes) is 13. The average molecular weight is 368 g/mol. The number of rotatable bonds is 15. The van der Waals surface area contributed by atoms with Gasteiger partial charge in [-0.3, -0.25) is 4.57 Å². The fourth-order valence-electron chi connectivity index (χ4n) is 3.07. The van der Waals surface area contributed by atoms with Crippen LogP contribution >= 0.6 is 8.69 Å². The van der Waals surface area contributed by atoms with Crippen LogP contribution < -0.4 is 9.46 Å². The van der Waals surface area contributed by atoms with Gasteiger partial charge < -0.3 is 4.89 Å². The Morgan fingerprint density at radius 3 is 1.44 bits per heavy atom. The number of pyridine rings is 1. The molecule has 3 nitrogen and oxygen atoms in total. The van der Waals surface area contributed by atoms with Crippen LogP contribution in [0, 0.1) is 0 Å². The highest BCUT2D eigenvalue weighted by Crippen LogP contribution is 2.12. The monoisotopic (exact) mass is 367 g/mol. The van der Waals surface area contributed by atoms with Gasteiger partial charge in [0.15, 0.2) is 12.4 Å². The second kappa shape index (κ2) is 21.3. The zero-order valence-electron chi connectivity index (χ0n) is 16.2. The minimum atomic E-state index is -1.08. The lowest BCUT2D eigenvalue weighted by Crippen LogP contribution is -2.32. The van der Waals surface area contributed by atoms with Gasteiger partial charge >= 0.3 is 0 Å². The number of nitrogens with zero attached hydrogens (tertiary/aromatic N) is 1. The van der Waals surface area contributed by atoms with E-state index in [1.165, 1.54) is 96.4 Å². The second-order valence-corrected chi connectivity index (χ2v) is 6.93. The maximum absolute atomic E-state index is 8.35. The Labute approximate surface area is 157 Å². The lowest BCUT2D eigenvalue weighted by molar-refractivity contribution is -0.697. The summed E-state index contributed by atoms with van der Waals surface area (Å²) in [5.74, 6) is 0. The molecule has 25 heavy (non-hydrogen) atoms. The van der Waals surface area contributed by atoms with Crippen molar-refractivity contribution >= 4 is 8.69 Å². The topological polar surface area (TPSA) is 44.0 Å². The van der Waals surface area contributed by atoms with Crippen LogP contribution in [0.2, 0.25) is 0 Å². The summed E-state index contributed by atoms with van der Waals surface area (Å²) in [5.41, 5.74) is 0. The van der Waals surface area contributed by atoms with Crippen molar-refractivity contribution in [2.75, 3.05) is 0 Å². The Morgan fingerprint density at radius 1 is 0.680 bits per heavy atom. The first kappa shape index (κ1) is 24.2. The fraction of sp³-hybridized carbons (Fsp3) is 0.762. The van der Waals surface area contributed by atoms with E-state index in [0.29, 0.717) is 0 Å². The zero-order chi connectivity index (χ0) is 18.4. The quantitative estimate of drug-likeness (QED) is 0.216. The zero-order valence-corrected chi connectivity index (χ0v) is 17.1. The predicted octanol–water partition coefficient (Wildman–Crippen LogP) is 6.01. The molecule has 0 bridgehead atoms. The van der Waals surface area contributed by atoms with Crippen LogP contribution in [-0.4, -0.2) is 0 Å². The SMILES string of the molecule is CCCCCCCCCCCCCCCC[n+]1ccccc1.O=P[O-]. The van der Waals surface area contributed by atoms with Crippen LogP contribution in [0.3, 0.4) is 0 Å². The van der Waals surface area contributed by atoms with E-state index >= 15 is 0 Å². The Morgan fingerprint density at radius 2 is 1.04 bits per heavy atom. The number of hydrogen-bond donors (Lipinski definition) is 0. The highest BCUT2D eigenvalue weighted by atomic mass is 31.1. The van der Waals surface area contributed by atoms with Crippen molar-refractivity contribution in [3.05, 3.63) is 30.6 Å². The Balaban J connectivity index is 0.00000178. The lowest BCUT2D eigenvalue weighted by Gasteiger charge is -2.02. The molecule has 1 heterocycles. The van der Waals surface area contributed by atoms with E-state index in [1.807, 2.05) is 0 Å². The number of hydrogen-bond acceptors (Lipinski definition) is 2. The molecule has 0 aromatic carbocycles. The normalized spacial score (nSPS) is 10.5. The van der Waals surface area contributed by atoms with E-state index in [0.717, 1.165) is 0 Å². The Hall–Kier alpha value is -0.790. The van der Waals surface area contributed by atoms with Gasteiger partial charge in [-0.15, -0.1) is 0 Å². The third-order valence-electron chi connectivity index (χ3n) is 4.55. The molecule has 0 spiro atoms. The molecule has 1 rings (SSSR count). The van der Waals surface area contributed by atoms with E-state index in [1.54, 1.807) is 0 Å². The first-order valence-electron chi connectivity index (χ1n) is 10.2. The van der Waals surface area contributed by atoms with Crippen molar-refractivity contribution in [3.63, 3.8) is 0 Å². The summed E-state index contributed by atoms with van der Waals surface area (Å²) in [7, 11) is -1.08. The summed E-state index contributed by atoms with van der Waals surface area (Å²) in [6.07, 6.45) is 24.4. The van der Waals surface area contributed by atoms with Crippen molar-refractivity contribution in [3.8, 4) is 0 Å². The van der Waals surface area contributed by atoms with Crippen molar-refractivity contribution in [2.24, 2.45) is 0 Å². The van der Waals surface area contributed by atoms with E-state index < -0.39 is 8.69 Å². The highest BCUT2D eigenvalue weighted by molar-refractivity contribution is 7.14. The van der Waals surface area contributed by atoms with Crippen LogP contribution in [0.5, 0.6) is 0 Å². The molecule has 0 aliphatic carbocycles. The molecule has 0 unspecified atom stereocenters. The molecular formula is C21H38NO2P. The summed E-state index contributed by atoms with van der Waals surface area (Å²) in [6.45, 7) is 3.47. The number of aryl methyl sites for hydroxylation is 1. The minimum absolute atomic E-state index is 1.08. The summed E-state index contributed by atoms with van der Waals surface area (Å²) in [6, 6.07) is 6.31. The molecule has 0 amide bonds. The Kier molecular flexibility index (Phi) is 20.6. The van der Waals surface area contributed by atoms with Crippen molar-refractivity contribution < 1.29 is 14.0 Å². The molecular weight excluding hydrogens is 329 g/mol. The smallest absolute Gasteiger partial charge is 0.168 e. The Bertz CT molecular complexity index is 373. The molecule has 0 saturated heterocycles. The molecule has 0 N–H and O–H groups in total. The molecule has 0 aliphatic rings. The van der Waals surface area contributed by atoms with Crippen molar-refractivity contribution in [2.45, 2.75) is 103 Å². The molecule has 1 aromatic heterocycles. The third kappa shape index (κ3) is 19.4. The van der Waals surface area contributed by atoms with Gasteiger partial charge in [0.05, 0.1) is 8.69 Å².